The summed E-state index contributed by atoms with van der Waals surface area (Å²) in [5.41, 5.74) is 4.90. The molecule has 0 N–H and O–H groups in total. The molecule has 0 unspecified atom stereocenters. The maximum Gasteiger partial charge on any atom is 0.119 e. The van der Waals surface area contributed by atoms with E-state index in [1.165, 1.54) is 86.9 Å². The molecule has 0 fully saturated rings. The van der Waals surface area contributed by atoms with E-state index in [4.69, 9.17) is 9.47 Å². The highest BCUT2D eigenvalue weighted by Gasteiger charge is 2.13. The van der Waals surface area contributed by atoms with Gasteiger partial charge < -0.3 is 9.47 Å². The summed E-state index contributed by atoms with van der Waals surface area (Å²) in [6.07, 6.45) is 0.852. The first-order valence-corrected chi connectivity index (χ1v) is 17.0. The first-order chi connectivity index (χ1) is 24.2. The van der Waals surface area contributed by atoms with Gasteiger partial charge in [-0.3, -0.25) is 0 Å². The molecule has 0 amide bonds. The lowest BCUT2D eigenvalue weighted by molar-refractivity contribution is 0.307. The SMILES string of the molecule is c1cc2ccc3ccc(COc4ccc(Cc5ccc(OCc6ccc7ccc8cccc9ccc6c7c89)cc5)cc4)c4ccc(c1)c2c34. The minimum Gasteiger partial charge on any atom is -0.489 e. The van der Waals surface area contributed by atoms with E-state index in [2.05, 4.69) is 158 Å². The summed E-state index contributed by atoms with van der Waals surface area (Å²) in [6, 6.07) is 56.7. The summed E-state index contributed by atoms with van der Waals surface area (Å²) in [5.74, 6) is 1.76. The molecule has 0 bridgehead atoms. The normalized spacial score (nSPS) is 11.9. The minimum atomic E-state index is 0.531. The second-order valence-corrected chi connectivity index (χ2v) is 13.2. The summed E-state index contributed by atoms with van der Waals surface area (Å²) < 4.78 is 12.6. The Morgan fingerprint density at radius 1 is 0.306 bits per heavy atom. The van der Waals surface area contributed by atoms with Crippen molar-refractivity contribution in [1.82, 2.24) is 0 Å². The van der Waals surface area contributed by atoms with E-state index in [0.29, 0.717) is 13.2 Å². The maximum absolute atomic E-state index is 6.31. The summed E-state index contributed by atoms with van der Waals surface area (Å²) >= 11 is 0. The lowest BCUT2D eigenvalue weighted by Crippen LogP contribution is -1.98. The van der Waals surface area contributed by atoms with Crippen LogP contribution in [0.15, 0.2) is 158 Å². The molecular weight excluding hydrogens is 597 g/mol. The topological polar surface area (TPSA) is 18.5 Å². The lowest BCUT2D eigenvalue weighted by atomic mass is 9.92. The van der Waals surface area contributed by atoms with Gasteiger partial charge in [-0.25, -0.2) is 0 Å². The molecule has 2 heteroatoms. The Morgan fingerprint density at radius 2 is 0.653 bits per heavy atom. The quantitative estimate of drug-likeness (QED) is 0.156. The van der Waals surface area contributed by atoms with E-state index in [1.807, 2.05) is 0 Å². The van der Waals surface area contributed by atoms with Gasteiger partial charge in [-0.1, -0.05) is 133 Å². The molecule has 49 heavy (non-hydrogen) atoms. The Kier molecular flexibility index (Phi) is 6.41. The molecule has 232 valence electrons. The zero-order valence-corrected chi connectivity index (χ0v) is 26.9. The van der Waals surface area contributed by atoms with Crippen molar-refractivity contribution in [3.8, 4) is 11.5 Å². The number of ether oxygens (including phenoxy) is 2. The molecular formula is C47H32O2. The van der Waals surface area contributed by atoms with Gasteiger partial charge in [0.2, 0.25) is 0 Å². The van der Waals surface area contributed by atoms with Crippen molar-refractivity contribution in [2.75, 3.05) is 0 Å². The summed E-state index contributed by atoms with van der Waals surface area (Å²) in [5, 5.41) is 15.6. The first-order valence-electron chi connectivity index (χ1n) is 17.0. The van der Waals surface area contributed by atoms with Crippen LogP contribution in [0.1, 0.15) is 22.3 Å². The van der Waals surface area contributed by atoms with Crippen LogP contribution >= 0.6 is 0 Å². The highest BCUT2D eigenvalue weighted by atomic mass is 16.5. The predicted octanol–water partition coefficient (Wildman–Crippen LogP) is 12.2. The van der Waals surface area contributed by atoms with E-state index in [-0.39, 0.29) is 0 Å². The van der Waals surface area contributed by atoms with Crippen molar-refractivity contribution < 1.29 is 9.47 Å². The zero-order valence-electron chi connectivity index (χ0n) is 26.9. The molecule has 0 heterocycles. The summed E-state index contributed by atoms with van der Waals surface area (Å²) in [6.45, 7) is 1.06. The average Bonchev–Trinajstić information content (AvgIpc) is 3.16. The van der Waals surface area contributed by atoms with Crippen LogP contribution in [-0.4, -0.2) is 0 Å². The Balaban J connectivity index is 0.809. The molecule has 0 atom stereocenters. The van der Waals surface area contributed by atoms with Crippen molar-refractivity contribution >= 4 is 64.6 Å². The van der Waals surface area contributed by atoms with Crippen LogP contribution in [0.2, 0.25) is 0 Å². The van der Waals surface area contributed by atoms with Gasteiger partial charge in [0.1, 0.15) is 24.7 Å². The van der Waals surface area contributed by atoms with Gasteiger partial charge in [0.25, 0.3) is 0 Å². The Morgan fingerprint density at radius 3 is 1.06 bits per heavy atom. The smallest absolute Gasteiger partial charge is 0.119 e. The molecule has 0 aliphatic heterocycles. The van der Waals surface area contributed by atoms with Gasteiger partial charge in [-0.2, -0.15) is 0 Å². The zero-order chi connectivity index (χ0) is 32.3. The fourth-order valence-corrected chi connectivity index (χ4v) is 7.81. The van der Waals surface area contributed by atoms with Crippen LogP contribution < -0.4 is 9.47 Å². The molecule has 0 radical (unpaired) electrons. The van der Waals surface area contributed by atoms with E-state index < -0.39 is 0 Å². The van der Waals surface area contributed by atoms with Crippen molar-refractivity contribution in [3.05, 3.63) is 180 Å². The third-order valence-corrected chi connectivity index (χ3v) is 10.3. The fourth-order valence-electron chi connectivity index (χ4n) is 7.81. The molecule has 2 nitrogen and oxygen atoms in total. The standard InChI is InChI=1S/C47H32O2/c1-3-32-11-13-36-15-17-38(42-25-19-34(5-1)44(32)46(36)42)28-48-40-21-7-30(8-22-40)27-31-9-23-41(24-10-31)49-29-39-18-16-37-14-12-33-4-2-6-35-20-26-43(39)47(37)45(33)35/h1-26H,27-29H2. The van der Waals surface area contributed by atoms with Crippen LogP contribution in [0.3, 0.4) is 0 Å². The monoisotopic (exact) mass is 628 g/mol. The third-order valence-electron chi connectivity index (χ3n) is 10.3. The van der Waals surface area contributed by atoms with E-state index in [0.717, 1.165) is 17.9 Å². The van der Waals surface area contributed by atoms with Crippen molar-refractivity contribution in [2.45, 2.75) is 19.6 Å². The number of benzene rings is 10. The highest BCUT2D eigenvalue weighted by molar-refractivity contribution is 6.24. The molecule has 0 saturated carbocycles. The highest BCUT2D eigenvalue weighted by Crippen LogP contribution is 2.38. The molecule has 0 aliphatic carbocycles. The van der Waals surface area contributed by atoms with Crippen LogP contribution in [0.4, 0.5) is 0 Å². The van der Waals surface area contributed by atoms with Gasteiger partial charge in [-0.15, -0.1) is 0 Å². The molecule has 0 aromatic heterocycles. The Bertz CT molecular complexity index is 2550. The molecule has 10 aromatic rings. The van der Waals surface area contributed by atoms with Gasteiger partial charge in [-0.05, 0) is 118 Å². The minimum absolute atomic E-state index is 0.531. The first kappa shape index (κ1) is 27.9. The fraction of sp³-hybridized carbons (Fsp3) is 0.0638. The van der Waals surface area contributed by atoms with E-state index in [1.54, 1.807) is 0 Å². The molecule has 0 spiro atoms. The van der Waals surface area contributed by atoms with Crippen LogP contribution in [0.25, 0.3) is 64.6 Å². The maximum atomic E-state index is 6.31. The molecule has 0 aliphatic rings. The lowest BCUT2D eigenvalue weighted by Gasteiger charge is -2.15. The second kappa shape index (κ2) is 11.2. The Hall–Kier alpha value is -6.12. The van der Waals surface area contributed by atoms with Crippen molar-refractivity contribution in [1.29, 1.82) is 0 Å². The number of hydrogen-bond acceptors (Lipinski definition) is 2. The summed E-state index contributed by atoms with van der Waals surface area (Å²) in [7, 11) is 0. The average molecular weight is 629 g/mol. The Labute approximate surface area is 284 Å². The van der Waals surface area contributed by atoms with Crippen LogP contribution in [0, 0.1) is 0 Å². The van der Waals surface area contributed by atoms with Gasteiger partial charge in [0.15, 0.2) is 0 Å². The van der Waals surface area contributed by atoms with Crippen molar-refractivity contribution in [2.24, 2.45) is 0 Å². The van der Waals surface area contributed by atoms with E-state index >= 15 is 0 Å². The second-order valence-electron chi connectivity index (χ2n) is 13.2. The molecule has 10 rings (SSSR count). The number of rotatable bonds is 8. The van der Waals surface area contributed by atoms with Crippen LogP contribution in [0.5, 0.6) is 11.5 Å². The van der Waals surface area contributed by atoms with Gasteiger partial charge in [0.05, 0.1) is 0 Å². The predicted molar refractivity (Wildman–Crippen MR) is 205 cm³/mol. The van der Waals surface area contributed by atoms with Crippen LogP contribution in [-0.2, 0) is 19.6 Å². The van der Waals surface area contributed by atoms with E-state index in [9.17, 15) is 0 Å². The molecule has 0 saturated heterocycles. The number of hydrogen-bond donors (Lipinski definition) is 0. The van der Waals surface area contributed by atoms with Gasteiger partial charge in [0, 0.05) is 0 Å². The third kappa shape index (κ3) is 4.79. The largest absolute Gasteiger partial charge is 0.489 e. The van der Waals surface area contributed by atoms with Gasteiger partial charge >= 0.3 is 0 Å². The summed E-state index contributed by atoms with van der Waals surface area (Å²) in [4.78, 5) is 0. The molecule has 10 aromatic carbocycles. The van der Waals surface area contributed by atoms with Crippen molar-refractivity contribution in [3.63, 3.8) is 0 Å².